The molecule has 1 unspecified atom stereocenters. The lowest BCUT2D eigenvalue weighted by atomic mass is 9.90. The van der Waals surface area contributed by atoms with Crippen molar-refractivity contribution in [1.82, 2.24) is 0 Å². The maximum absolute atomic E-state index is 12.9. The van der Waals surface area contributed by atoms with Crippen LogP contribution in [0.15, 0.2) is 72.8 Å². The minimum Gasteiger partial charge on any atom is -0.494 e. The Labute approximate surface area is 247 Å². The molecule has 0 radical (unpaired) electrons. The van der Waals surface area contributed by atoms with E-state index in [0.717, 1.165) is 49.2 Å². The monoisotopic (exact) mass is 556 g/mol. The molecule has 0 saturated carbocycles. The van der Waals surface area contributed by atoms with Crippen LogP contribution in [0, 0.1) is 5.92 Å². The second-order valence-corrected chi connectivity index (χ2v) is 11.0. The Morgan fingerprint density at radius 3 is 1.71 bits per heavy atom. The van der Waals surface area contributed by atoms with Gasteiger partial charge in [-0.2, -0.15) is 0 Å². The van der Waals surface area contributed by atoms with Crippen LogP contribution in [0.1, 0.15) is 119 Å². The van der Waals surface area contributed by atoms with Crippen molar-refractivity contribution in [3.63, 3.8) is 0 Å². The van der Waals surface area contributed by atoms with E-state index in [9.17, 15) is 9.59 Å². The fourth-order valence-electron chi connectivity index (χ4n) is 5.04. The average Bonchev–Trinajstić information content (AvgIpc) is 3.01. The van der Waals surface area contributed by atoms with Crippen LogP contribution in [0.3, 0.4) is 0 Å². The van der Waals surface area contributed by atoms with Gasteiger partial charge in [-0.05, 0) is 78.9 Å². The predicted molar refractivity (Wildman–Crippen MR) is 169 cm³/mol. The molecule has 0 aliphatic rings. The van der Waals surface area contributed by atoms with Crippen LogP contribution in [-0.4, -0.2) is 18.4 Å². The zero-order chi connectivity index (χ0) is 29.3. The van der Waals surface area contributed by atoms with Crippen molar-refractivity contribution in [2.75, 3.05) is 6.61 Å². The normalized spacial score (nSPS) is 11.7. The van der Waals surface area contributed by atoms with Gasteiger partial charge in [0.2, 0.25) is 0 Å². The number of rotatable bonds is 19. The SMILES string of the molecule is CCCCCCCCOc1ccc(-c2ccc(C(=O)Oc3ccc(C(=O)C(CC)CCCCCC)cc3)cc2)cc1. The van der Waals surface area contributed by atoms with Crippen molar-refractivity contribution in [3.8, 4) is 22.6 Å². The average molecular weight is 557 g/mol. The van der Waals surface area contributed by atoms with Gasteiger partial charge in [0.1, 0.15) is 11.5 Å². The number of hydrogen-bond acceptors (Lipinski definition) is 4. The highest BCUT2D eigenvalue weighted by Crippen LogP contribution is 2.25. The van der Waals surface area contributed by atoms with Crippen LogP contribution in [0.2, 0.25) is 0 Å². The Hall–Kier alpha value is -3.40. The molecular weight excluding hydrogens is 508 g/mol. The maximum atomic E-state index is 12.9. The summed E-state index contributed by atoms with van der Waals surface area (Å²) in [6, 6.07) is 22.4. The Balaban J connectivity index is 1.48. The van der Waals surface area contributed by atoms with Gasteiger partial charge in [0.05, 0.1) is 12.2 Å². The zero-order valence-corrected chi connectivity index (χ0v) is 25.3. The van der Waals surface area contributed by atoms with Gasteiger partial charge in [-0.1, -0.05) is 103 Å². The third-order valence-corrected chi connectivity index (χ3v) is 7.69. The molecule has 0 amide bonds. The highest BCUT2D eigenvalue weighted by atomic mass is 16.5. The van der Waals surface area contributed by atoms with E-state index < -0.39 is 5.97 Å². The predicted octanol–water partition coefficient (Wildman–Crippen LogP) is 10.5. The molecule has 41 heavy (non-hydrogen) atoms. The molecule has 0 heterocycles. The Morgan fingerprint density at radius 1 is 0.585 bits per heavy atom. The number of ketones is 1. The largest absolute Gasteiger partial charge is 0.494 e. The third kappa shape index (κ3) is 10.8. The summed E-state index contributed by atoms with van der Waals surface area (Å²) in [5.74, 6) is 1.12. The number of carbonyl (C=O) groups excluding carboxylic acids is 2. The number of benzene rings is 3. The standard InChI is InChI=1S/C37H48O4/c1-4-7-9-11-12-14-28-40-34-24-20-31(21-25-34)30-16-18-33(19-17-30)37(39)41-35-26-22-32(23-27-35)36(38)29(6-3)15-13-10-8-5-2/h16-27,29H,4-15,28H2,1-3H3. The van der Waals surface area contributed by atoms with Crippen LogP contribution < -0.4 is 9.47 Å². The minimum absolute atomic E-state index is 0.0487. The van der Waals surface area contributed by atoms with Crippen molar-refractivity contribution < 1.29 is 19.1 Å². The van der Waals surface area contributed by atoms with E-state index in [-0.39, 0.29) is 11.7 Å². The molecule has 1 atom stereocenters. The number of unbranched alkanes of at least 4 members (excludes halogenated alkanes) is 8. The quantitative estimate of drug-likeness (QED) is 0.0638. The molecule has 0 saturated heterocycles. The minimum atomic E-state index is -0.420. The first-order valence-electron chi connectivity index (χ1n) is 15.7. The van der Waals surface area contributed by atoms with Gasteiger partial charge in [0.25, 0.3) is 0 Å². The number of Topliss-reactive ketones (excluding diaryl/α,β-unsaturated/α-hetero) is 1. The first-order valence-corrected chi connectivity index (χ1v) is 15.7. The van der Waals surface area contributed by atoms with Crippen molar-refractivity contribution in [2.45, 2.75) is 97.8 Å². The lowest BCUT2D eigenvalue weighted by molar-refractivity contribution is 0.0734. The van der Waals surface area contributed by atoms with E-state index >= 15 is 0 Å². The van der Waals surface area contributed by atoms with E-state index in [1.54, 1.807) is 36.4 Å². The first kappa shape index (κ1) is 32.1. The molecule has 0 aliphatic heterocycles. The van der Waals surface area contributed by atoms with Gasteiger partial charge >= 0.3 is 5.97 Å². The van der Waals surface area contributed by atoms with E-state index in [0.29, 0.717) is 16.9 Å². The number of ether oxygens (including phenoxy) is 2. The molecule has 3 rings (SSSR count). The van der Waals surface area contributed by atoms with E-state index in [4.69, 9.17) is 9.47 Å². The van der Waals surface area contributed by atoms with Gasteiger partial charge in [-0.3, -0.25) is 4.79 Å². The van der Waals surface area contributed by atoms with E-state index in [2.05, 4.69) is 20.8 Å². The fraction of sp³-hybridized carbons (Fsp3) is 0.459. The van der Waals surface area contributed by atoms with Crippen LogP contribution in [0.25, 0.3) is 11.1 Å². The molecule has 4 nitrogen and oxygen atoms in total. The second-order valence-electron chi connectivity index (χ2n) is 11.0. The van der Waals surface area contributed by atoms with Gasteiger partial charge in [-0.15, -0.1) is 0 Å². The highest BCUT2D eigenvalue weighted by molar-refractivity contribution is 5.98. The third-order valence-electron chi connectivity index (χ3n) is 7.69. The van der Waals surface area contributed by atoms with Gasteiger partial charge in [0, 0.05) is 11.5 Å². The second kappa shape index (κ2) is 18.1. The molecule has 220 valence electrons. The molecule has 0 aromatic heterocycles. The lowest BCUT2D eigenvalue weighted by Gasteiger charge is -2.14. The molecule has 0 aliphatic carbocycles. The Kier molecular flexibility index (Phi) is 14.2. The molecule has 0 N–H and O–H groups in total. The molecule has 0 spiro atoms. The summed E-state index contributed by atoms with van der Waals surface area (Å²) in [4.78, 5) is 25.7. The summed E-state index contributed by atoms with van der Waals surface area (Å²) < 4.78 is 11.5. The fourth-order valence-corrected chi connectivity index (χ4v) is 5.04. The Morgan fingerprint density at radius 2 is 1.10 bits per heavy atom. The highest BCUT2D eigenvalue weighted by Gasteiger charge is 2.18. The van der Waals surface area contributed by atoms with E-state index in [1.807, 2.05) is 36.4 Å². The van der Waals surface area contributed by atoms with Crippen LogP contribution >= 0.6 is 0 Å². The van der Waals surface area contributed by atoms with Crippen LogP contribution in [0.4, 0.5) is 0 Å². The van der Waals surface area contributed by atoms with Gasteiger partial charge < -0.3 is 9.47 Å². The molecule has 0 bridgehead atoms. The van der Waals surface area contributed by atoms with Crippen molar-refractivity contribution in [3.05, 3.63) is 83.9 Å². The molecule has 4 heteroatoms. The molecule has 0 fully saturated rings. The first-order chi connectivity index (χ1) is 20.0. The number of esters is 1. The molecule has 3 aromatic rings. The van der Waals surface area contributed by atoms with Crippen molar-refractivity contribution in [1.29, 1.82) is 0 Å². The van der Waals surface area contributed by atoms with Gasteiger partial charge in [0.15, 0.2) is 5.78 Å². The summed E-state index contributed by atoms with van der Waals surface area (Å²) in [5, 5.41) is 0. The smallest absolute Gasteiger partial charge is 0.343 e. The number of hydrogen-bond donors (Lipinski definition) is 0. The van der Waals surface area contributed by atoms with Crippen molar-refractivity contribution in [2.24, 2.45) is 5.92 Å². The maximum Gasteiger partial charge on any atom is 0.343 e. The summed E-state index contributed by atoms with van der Waals surface area (Å²) >= 11 is 0. The summed E-state index contributed by atoms with van der Waals surface area (Å²) in [5.41, 5.74) is 3.24. The lowest BCUT2D eigenvalue weighted by Crippen LogP contribution is -2.14. The van der Waals surface area contributed by atoms with Crippen LogP contribution in [-0.2, 0) is 0 Å². The summed E-state index contributed by atoms with van der Waals surface area (Å²) in [6.45, 7) is 7.25. The molecule has 3 aromatic carbocycles. The van der Waals surface area contributed by atoms with Crippen molar-refractivity contribution >= 4 is 11.8 Å². The molecular formula is C37H48O4. The number of carbonyl (C=O) groups is 2. The van der Waals surface area contributed by atoms with E-state index in [1.165, 1.54) is 51.4 Å². The topological polar surface area (TPSA) is 52.6 Å². The summed E-state index contributed by atoms with van der Waals surface area (Å²) in [6.07, 6.45) is 13.9. The van der Waals surface area contributed by atoms with Crippen LogP contribution in [0.5, 0.6) is 11.5 Å². The van der Waals surface area contributed by atoms with Gasteiger partial charge in [-0.25, -0.2) is 4.79 Å². The zero-order valence-electron chi connectivity index (χ0n) is 25.3. The Bertz CT molecular complexity index is 1160. The summed E-state index contributed by atoms with van der Waals surface area (Å²) in [7, 11) is 0.